The number of aryl methyl sites for hydroxylation is 1. The molecule has 0 spiro atoms. The third kappa shape index (κ3) is 3.33. The molecule has 2 aromatic carbocycles. The second-order valence-corrected chi connectivity index (χ2v) is 4.63. The molecule has 106 valence electrons. The highest BCUT2D eigenvalue weighted by atomic mass is 19.1. The van der Waals surface area contributed by atoms with Gasteiger partial charge in [-0.1, -0.05) is 18.2 Å². The van der Waals surface area contributed by atoms with Gasteiger partial charge in [0.2, 0.25) is 0 Å². The Kier molecular flexibility index (Phi) is 4.69. The summed E-state index contributed by atoms with van der Waals surface area (Å²) in [5.74, 6) is -0.474. The molecule has 2 nitrogen and oxygen atoms in total. The minimum absolute atomic E-state index is 0.199. The van der Waals surface area contributed by atoms with Gasteiger partial charge in [-0.15, -0.1) is 0 Å². The van der Waals surface area contributed by atoms with Crippen molar-refractivity contribution in [3.05, 3.63) is 64.7 Å². The van der Waals surface area contributed by atoms with Crippen LogP contribution in [0.5, 0.6) is 5.75 Å². The standard InChI is InChI=1S/C16H17F2NO/c1-11-9-14(17)6-5-13(11)10-20-16-12(7-8-19)3-2-4-15(16)18/h2-6,9H,7-8,10,19H2,1H3. The average molecular weight is 277 g/mol. The van der Waals surface area contributed by atoms with Crippen LogP contribution in [0.25, 0.3) is 0 Å². The molecule has 0 bridgehead atoms. The molecule has 0 aliphatic heterocycles. The first-order valence-corrected chi connectivity index (χ1v) is 6.47. The second kappa shape index (κ2) is 6.48. The number of rotatable bonds is 5. The van der Waals surface area contributed by atoms with Gasteiger partial charge in [-0.05, 0) is 54.8 Å². The summed E-state index contributed by atoms with van der Waals surface area (Å²) in [6, 6.07) is 9.23. The lowest BCUT2D eigenvalue weighted by molar-refractivity contribution is 0.286. The predicted octanol–water partition coefficient (Wildman–Crippen LogP) is 3.35. The van der Waals surface area contributed by atoms with Crippen molar-refractivity contribution in [2.45, 2.75) is 20.0 Å². The van der Waals surface area contributed by atoms with Crippen LogP contribution in [0.1, 0.15) is 16.7 Å². The smallest absolute Gasteiger partial charge is 0.165 e. The Balaban J connectivity index is 2.18. The number of nitrogens with two attached hydrogens (primary N) is 1. The van der Waals surface area contributed by atoms with Crippen molar-refractivity contribution < 1.29 is 13.5 Å². The monoisotopic (exact) mass is 277 g/mol. The lowest BCUT2D eigenvalue weighted by Gasteiger charge is -2.13. The summed E-state index contributed by atoms with van der Waals surface area (Å²) < 4.78 is 32.4. The molecule has 0 aliphatic rings. The molecule has 0 amide bonds. The molecule has 4 heteroatoms. The number of para-hydroxylation sites is 1. The van der Waals surface area contributed by atoms with Gasteiger partial charge in [0, 0.05) is 0 Å². The zero-order valence-electron chi connectivity index (χ0n) is 11.3. The van der Waals surface area contributed by atoms with Crippen LogP contribution in [0.4, 0.5) is 8.78 Å². The van der Waals surface area contributed by atoms with E-state index in [1.807, 2.05) is 0 Å². The molecule has 0 heterocycles. The maximum atomic E-state index is 13.8. The SMILES string of the molecule is Cc1cc(F)ccc1COc1c(F)cccc1CCN. The van der Waals surface area contributed by atoms with Crippen LogP contribution >= 0.6 is 0 Å². The molecule has 0 saturated heterocycles. The summed E-state index contributed by atoms with van der Waals surface area (Å²) in [6.07, 6.45) is 0.551. The van der Waals surface area contributed by atoms with Crippen molar-refractivity contribution in [1.29, 1.82) is 0 Å². The second-order valence-electron chi connectivity index (χ2n) is 4.63. The largest absolute Gasteiger partial charge is 0.486 e. The number of benzene rings is 2. The lowest BCUT2D eigenvalue weighted by Crippen LogP contribution is -2.07. The van der Waals surface area contributed by atoms with E-state index in [4.69, 9.17) is 10.5 Å². The van der Waals surface area contributed by atoms with Crippen LogP contribution in [-0.2, 0) is 13.0 Å². The minimum atomic E-state index is -0.407. The molecule has 0 atom stereocenters. The summed E-state index contributed by atoms with van der Waals surface area (Å²) in [7, 11) is 0. The summed E-state index contributed by atoms with van der Waals surface area (Å²) in [6.45, 7) is 2.42. The lowest BCUT2D eigenvalue weighted by atomic mass is 10.1. The van der Waals surface area contributed by atoms with Crippen molar-refractivity contribution in [3.8, 4) is 5.75 Å². The van der Waals surface area contributed by atoms with Crippen molar-refractivity contribution >= 4 is 0 Å². The first-order valence-electron chi connectivity index (χ1n) is 6.47. The van der Waals surface area contributed by atoms with Gasteiger partial charge in [0.05, 0.1) is 0 Å². The highest BCUT2D eigenvalue weighted by Crippen LogP contribution is 2.24. The van der Waals surface area contributed by atoms with Crippen molar-refractivity contribution in [2.75, 3.05) is 6.54 Å². The zero-order valence-corrected chi connectivity index (χ0v) is 11.3. The van der Waals surface area contributed by atoms with E-state index in [1.54, 1.807) is 25.1 Å². The molecule has 0 aromatic heterocycles. The molecule has 0 saturated carbocycles. The molecular formula is C16H17F2NO. The zero-order chi connectivity index (χ0) is 14.5. The fourth-order valence-electron chi connectivity index (χ4n) is 2.04. The Morgan fingerprint density at radius 3 is 2.60 bits per heavy atom. The van der Waals surface area contributed by atoms with Crippen LogP contribution in [0, 0.1) is 18.6 Å². The van der Waals surface area contributed by atoms with Gasteiger partial charge in [0.25, 0.3) is 0 Å². The highest BCUT2D eigenvalue weighted by molar-refractivity contribution is 5.36. The maximum absolute atomic E-state index is 13.8. The Morgan fingerprint density at radius 2 is 1.90 bits per heavy atom. The van der Waals surface area contributed by atoms with E-state index in [0.29, 0.717) is 13.0 Å². The van der Waals surface area contributed by atoms with Crippen LogP contribution < -0.4 is 10.5 Å². The van der Waals surface area contributed by atoms with Crippen LogP contribution in [0.15, 0.2) is 36.4 Å². The van der Waals surface area contributed by atoms with Gasteiger partial charge in [-0.2, -0.15) is 0 Å². The molecule has 0 fully saturated rings. The molecule has 0 unspecified atom stereocenters. The average Bonchev–Trinajstić information content (AvgIpc) is 2.40. The minimum Gasteiger partial charge on any atom is -0.486 e. The Morgan fingerprint density at radius 1 is 1.10 bits per heavy atom. The predicted molar refractivity (Wildman–Crippen MR) is 74.6 cm³/mol. The fraction of sp³-hybridized carbons (Fsp3) is 0.250. The van der Waals surface area contributed by atoms with Crippen LogP contribution in [0.3, 0.4) is 0 Å². The molecule has 0 radical (unpaired) electrons. The molecular weight excluding hydrogens is 260 g/mol. The van der Waals surface area contributed by atoms with Gasteiger partial charge in [0.1, 0.15) is 12.4 Å². The van der Waals surface area contributed by atoms with E-state index < -0.39 is 5.82 Å². The molecule has 0 aliphatic carbocycles. The quantitative estimate of drug-likeness (QED) is 0.909. The Hall–Kier alpha value is -1.94. The Bertz CT molecular complexity index is 599. The highest BCUT2D eigenvalue weighted by Gasteiger charge is 2.10. The van der Waals surface area contributed by atoms with Crippen LogP contribution in [0.2, 0.25) is 0 Å². The number of hydrogen-bond donors (Lipinski definition) is 1. The Labute approximate surface area is 117 Å². The third-order valence-corrected chi connectivity index (χ3v) is 3.14. The van der Waals surface area contributed by atoms with E-state index in [1.165, 1.54) is 18.2 Å². The van der Waals surface area contributed by atoms with E-state index in [0.717, 1.165) is 16.7 Å². The first-order chi connectivity index (χ1) is 9.61. The van der Waals surface area contributed by atoms with Crippen molar-refractivity contribution in [2.24, 2.45) is 5.73 Å². The normalized spacial score (nSPS) is 10.6. The van der Waals surface area contributed by atoms with E-state index in [-0.39, 0.29) is 18.2 Å². The number of halogens is 2. The molecule has 2 rings (SSSR count). The maximum Gasteiger partial charge on any atom is 0.165 e. The molecule has 20 heavy (non-hydrogen) atoms. The van der Waals surface area contributed by atoms with Crippen LogP contribution in [-0.4, -0.2) is 6.54 Å². The summed E-state index contributed by atoms with van der Waals surface area (Å²) in [5, 5.41) is 0. The summed E-state index contributed by atoms with van der Waals surface area (Å²) in [4.78, 5) is 0. The van der Waals surface area contributed by atoms with E-state index in [9.17, 15) is 8.78 Å². The van der Waals surface area contributed by atoms with Gasteiger partial charge >= 0.3 is 0 Å². The number of hydrogen-bond acceptors (Lipinski definition) is 2. The third-order valence-electron chi connectivity index (χ3n) is 3.14. The molecule has 2 N–H and O–H groups in total. The first kappa shape index (κ1) is 14.5. The summed E-state index contributed by atoms with van der Waals surface area (Å²) in [5.41, 5.74) is 7.86. The fourth-order valence-corrected chi connectivity index (χ4v) is 2.04. The van der Waals surface area contributed by atoms with E-state index in [2.05, 4.69) is 0 Å². The van der Waals surface area contributed by atoms with Crippen molar-refractivity contribution in [3.63, 3.8) is 0 Å². The van der Waals surface area contributed by atoms with Gasteiger partial charge in [-0.3, -0.25) is 0 Å². The number of ether oxygens (including phenoxy) is 1. The van der Waals surface area contributed by atoms with Gasteiger partial charge in [0.15, 0.2) is 11.6 Å². The van der Waals surface area contributed by atoms with Crippen molar-refractivity contribution in [1.82, 2.24) is 0 Å². The van der Waals surface area contributed by atoms with Gasteiger partial charge < -0.3 is 10.5 Å². The molecule has 2 aromatic rings. The topological polar surface area (TPSA) is 35.2 Å². The van der Waals surface area contributed by atoms with Gasteiger partial charge in [-0.25, -0.2) is 8.78 Å². The summed E-state index contributed by atoms with van der Waals surface area (Å²) >= 11 is 0. The van der Waals surface area contributed by atoms with E-state index >= 15 is 0 Å².